The molecule has 0 atom stereocenters. The zero-order valence-corrected chi connectivity index (χ0v) is 9.75. The fourth-order valence-corrected chi connectivity index (χ4v) is 1.51. The van der Waals surface area contributed by atoms with Crippen molar-refractivity contribution in [3.8, 4) is 5.82 Å². The van der Waals surface area contributed by atoms with Gasteiger partial charge in [-0.25, -0.2) is 18.7 Å². The summed E-state index contributed by atoms with van der Waals surface area (Å²) in [5.41, 5.74) is 1.55. The Morgan fingerprint density at radius 2 is 1.94 bits per heavy atom. The van der Waals surface area contributed by atoms with Gasteiger partial charge in [0, 0.05) is 18.8 Å². The van der Waals surface area contributed by atoms with Crippen LogP contribution in [0.5, 0.6) is 0 Å². The SMILES string of the molecule is CNc1nc(-n2cnc(C)c2C)c(F)cc1F. The summed E-state index contributed by atoms with van der Waals surface area (Å²) < 4.78 is 28.4. The molecule has 0 amide bonds. The minimum Gasteiger partial charge on any atom is -0.371 e. The molecule has 0 saturated heterocycles. The summed E-state index contributed by atoms with van der Waals surface area (Å²) in [4.78, 5) is 7.95. The molecule has 2 rings (SSSR count). The van der Waals surface area contributed by atoms with Crippen LogP contribution < -0.4 is 5.32 Å². The summed E-state index contributed by atoms with van der Waals surface area (Å²) in [7, 11) is 1.53. The third kappa shape index (κ3) is 1.86. The van der Waals surface area contributed by atoms with Gasteiger partial charge in [0.15, 0.2) is 23.3 Å². The highest BCUT2D eigenvalue weighted by Crippen LogP contribution is 2.20. The summed E-state index contributed by atoms with van der Waals surface area (Å²) in [6.45, 7) is 3.61. The molecule has 0 aliphatic heterocycles. The minimum absolute atomic E-state index is 0.00662. The summed E-state index contributed by atoms with van der Waals surface area (Å²) in [5.74, 6) is -1.40. The van der Waals surface area contributed by atoms with Gasteiger partial charge in [-0.15, -0.1) is 0 Å². The van der Waals surface area contributed by atoms with Crippen LogP contribution in [-0.4, -0.2) is 21.6 Å². The van der Waals surface area contributed by atoms with Crippen molar-refractivity contribution >= 4 is 5.82 Å². The first kappa shape index (κ1) is 11.5. The molecule has 0 aliphatic carbocycles. The number of halogens is 2. The Morgan fingerprint density at radius 3 is 2.47 bits per heavy atom. The van der Waals surface area contributed by atoms with Crippen LogP contribution >= 0.6 is 0 Å². The summed E-state index contributed by atoms with van der Waals surface area (Å²) in [6.07, 6.45) is 1.47. The molecule has 0 unspecified atom stereocenters. The first-order valence-corrected chi connectivity index (χ1v) is 5.09. The number of hydrogen-bond donors (Lipinski definition) is 1. The second-order valence-electron chi connectivity index (χ2n) is 3.66. The van der Waals surface area contributed by atoms with E-state index in [-0.39, 0.29) is 11.6 Å². The van der Waals surface area contributed by atoms with Gasteiger partial charge in [0.05, 0.1) is 5.69 Å². The van der Waals surface area contributed by atoms with Gasteiger partial charge >= 0.3 is 0 Å². The Labute approximate surface area is 97.3 Å². The molecule has 0 spiro atoms. The Morgan fingerprint density at radius 1 is 1.24 bits per heavy atom. The highest BCUT2D eigenvalue weighted by atomic mass is 19.1. The molecule has 4 nitrogen and oxygen atoms in total. The standard InChI is InChI=1S/C11H12F2N4/c1-6-7(2)17(5-15-6)11-9(13)4-8(12)10(14-3)16-11/h4-5H,1-3H3,(H,14,16). The van der Waals surface area contributed by atoms with E-state index in [4.69, 9.17) is 0 Å². The van der Waals surface area contributed by atoms with Crippen molar-refractivity contribution in [1.82, 2.24) is 14.5 Å². The normalized spacial score (nSPS) is 10.6. The van der Waals surface area contributed by atoms with E-state index < -0.39 is 11.6 Å². The Bertz CT molecular complexity index is 563. The molecule has 0 saturated carbocycles. The maximum absolute atomic E-state index is 13.7. The molecule has 90 valence electrons. The maximum Gasteiger partial charge on any atom is 0.176 e. The smallest absolute Gasteiger partial charge is 0.176 e. The third-order valence-electron chi connectivity index (χ3n) is 2.63. The maximum atomic E-state index is 13.7. The number of aromatic nitrogens is 3. The zero-order valence-electron chi connectivity index (χ0n) is 9.75. The van der Waals surface area contributed by atoms with Crippen LogP contribution in [-0.2, 0) is 0 Å². The molecule has 1 N–H and O–H groups in total. The van der Waals surface area contributed by atoms with Crippen molar-refractivity contribution < 1.29 is 8.78 Å². The summed E-state index contributed by atoms with van der Waals surface area (Å²) in [5, 5.41) is 2.57. The van der Waals surface area contributed by atoms with E-state index >= 15 is 0 Å². The van der Waals surface area contributed by atoms with Gasteiger partial charge in [0.25, 0.3) is 0 Å². The van der Waals surface area contributed by atoms with Crippen LogP contribution in [0.3, 0.4) is 0 Å². The molecule has 0 aliphatic rings. The molecule has 2 aromatic heterocycles. The van der Waals surface area contributed by atoms with Gasteiger partial charge in [-0.05, 0) is 13.8 Å². The van der Waals surface area contributed by atoms with E-state index in [2.05, 4.69) is 15.3 Å². The minimum atomic E-state index is -0.720. The highest BCUT2D eigenvalue weighted by molar-refractivity contribution is 5.42. The van der Waals surface area contributed by atoms with Crippen LogP contribution in [0.1, 0.15) is 11.4 Å². The fraction of sp³-hybridized carbons (Fsp3) is 0.273. The largest absolute Gasteiger partial charge is 0.371 e. The quantitative estimate of drug-likeness (QED) is 0.872. The Balaban J connectivity index is 2.63. The second-order valence-corrected chi connectivity index (χ2v) is 3.66. The lowest BCUT2D eigenvalue weighted by Crippen LogP contribution is -2.06. The number of anilines is 1. The van der Waals surface area contributed by atoms with Gasteiger partial charge in [-0.3, -0.25) is 4.57 Å². The summed E-state index contributed by atoms with van der Waals surface area (Å²) >= 11 is 0. The van der Waals surface area contributed by atoms with Crippen molar-refractivity contribution in [2.75, 3.05) is 12.4 Å². The predicted molar refractivity (Wildman–Crippen MR) is 60.3 cm³/mol. The van der Waals surface area contributed by atoms with Crippen LogP contribution in [0.25, 0.3) is 5.82 Å². The average Bonchev–Trinajstić information content (AvgIpc) is 2.61. The number of aryl methyl sites for hydroxylation is 1. The van der Waals surface area contributed by atoms with Gasteiger partial charge < -0.3 is 5.32 Å². The lowest BCUT2D eigenvalue weighted by Gasteiger charge is -2.09. The lowest BCUT2D eigenvalue weighted by molar-refractivity contribution is 0.568. The second kappa shape index (κ2) is 4.12. The first-order valence-electron chi connectivity index (χ1n) is 5.09. The van der Waals surface area contributed by atoms with Crippen LogP contribution in [0, 0.1) is 25.5 Å². The van der Waals surface area contributed by atoms with Crippen molar-refractivity contribution in [3.05, 3.63) is 35.4 Å². The topological polar surface area (TPSA) is 42.7 Å². The van der Waals surface area contributed by atoms with E-state index in [0.717, 1.165) is 17.5 Å². The molecule has 17 heavy (non-hydrogen) atoms. The molecular formula is C11H12F2N4. The molecule has 0 bridgehead atoms. The number of nitrogens with one attached hydrogen (secondary N) is 1. The van der Waals surface area contributed by atoms with Gasteiger partial charge in [0.2, 0.25) is 0 Å². The molecule has 0 aromatic carbocycles. The van der Waals surface area contributed by atoms with Gasteiger partial charge in [-0.2, -0.15) is 0 Å². The number of pyridine rings is 1. The van der Waals surface area contributed by atoms with Gasteiger partial charge in [0.1, 0.15) is 6.33 Å². The van der Waals surface area contributed by atoms with Crippen molar-refractivity contribution in [3.63, 3.8) is 0 Å². The number of rotatable bonds is 2. The third-order valence-corrected chi connectivity index (χ3v) is 2.63. The molecule has 0 fully saturated rings. The lowest BCUT2D eigenvalue weighted by atomic mass is 10.3. The van der Waals surface area contributed by atoms with E-state index in [9.17, 15) is 8.78 Å². The van der Waals surface area contributed by atoms with E-state index in [0.29, 0.717) is 0 Å². The van der Waals surface area contributed by atoms with E-state index in [1.807, 2.05) is 6.92 Å². The van der Waals surface area contributed by atoms with E-state index in [1.165, 1.54) is 17.9 Å². The molecule has 2 heterocycles. The average molecular weight is 238 g/mol. The number of nitrogens with zero attached hydrogens (tertiary/aromatic N) is 3. The predicted octanol–water partition coefficient (Wildman–Crippen LogP) is 2.20. The molecule has 6 heteroatoms. The van der Waals surface area contributed by atoms with Crippen LogP contribution in [0.15, 0.2) is 12.4 Å². The Hall–Kier alpha value is -1.98. The molecule has 0 radical (unpaired) electrons. The summed E-state index contributed by atoms with van der Waals surface area (Å²) in [6, 6.07) is 0.808. The molecular weight excluding hydrogens is 226 g/mol. The van der Waals surface area contributed by atoms with Crippen molar-refractivity contribution in [2.45, 2.75) is 13.8 Å². The van der Waals surface area contributed by atoms with Crippen LogP contribution in [0.2, 0.25) is 0 Å². The number of imidazole rings is 1. The van der Waals surface area contributed by atoms with E-state index in [1.54, 1.807) is 6.92 Å². The highest BCUT2D eigenvalue weighted by Gasteiger charge is 2.14. The number of hydrogen-bond acceptors (Lipinski definition) is 3. The fourth-order valence-electron chi connectivity index (χ4n) is 1.51. The molecule has 2 aromatic rings. The zero-order chi connectivity index (χ0) is 12.6. The first-order chi connectivity index (χ1) is 8.04. The Kier molecular flexibility index (Phi) is 2.79. The van der Waals surface area contributed by atoms with Crippen molar-refractivity contribution in [1.29, 1.82) is 0 Å². The monoisotopic (exact) mass is 238 g/mol. The van der Waals surface area contributed by atoms with Gasteiger partial charge in [-0.1, -0.05) is 0 Å². The van der Waals surface area contributed by atoms with Crippen molar-refractivity contribution in [2.24, 2.45) is 0 Å². The van der Waals surface area contributed by atoms with Crippen LogP contribution in [0.4, 0.5) is 14.6 Å².